The van der Waals surface area contributed by atoms with Gasteiger partial charge in [0, 0.05) is 11.8 Å². The highest BCUT2D eigenvalue weighted by atomic mass is 79.9. The van der Waals surface area contributed by atoms with Gasteiger partial charge < -0.3 is 11.1 Å². The topological polar surface area (TPSA) is 63.8 Å². The van der Waals surface area contributed by atoms with Crippen LogP contribution in [0.2, 0.25) is 0 Å². The minimum atomic E-state index is 0.480. The highest BCUT2D eigenvalue weighted by molar-refractivity contribution is 9.10. The van der Waals surface area contributed by atoms with Crippen molar-refractivity contribution in [3.63, 3.8) is 0 Å². The first-order valence-electron chi connectivity index (χ1n) is 4.37. The standard InChI is InChI=1S/C8H11BrN4S/c9-6-7(10)11-4-12-8(6)13-5-1-2-14-3-5/h4-5H,1-3H2,(H3,10,11,12,13). The van der Waals surface area contributed by atoms with Gasteiger partial charge in [-0.1, -0.05) is 0 Å². The van der Waals surface area contributed by atoms with Crippen molar-refractivity contribution < 1.29 is 0 Å². The molecule has 0 amide bonds. The fourth-order valence-electron chi connectivity index (χ4n) is 1.33. The molecule has 1 saturated heterocycles. The molecule has 0 aliphatic carbocycles. The van der Waals surface area contributed by atoms with Crippen molar-refractivity contribution in [2.75, 3.05) is 22.6 Å². The Hall–Kier alpha value is -0.490. The van der Waals surface area contributed by atoms with Crippen LogP contribution < -0.4 is 11.1 Å². The Morgan fingerprint density at radius 1 is 1.57 bits per heavy atom. The summed E-state index contributed by atoms with van der Waals surface area (Å²) in [7, 11) is 0. The highest BCUT2D eigenvalue weighted by Gasteiger charge is 2.17. The number of halogens is 1. The molecule has 14 heavy (non-hydrogen) atoms. The Kier molecular flexibility index (Phi) is 3.12. The van der Waals surface area contributed by atoms with Crippen LogP contribution in [0.5, 0.6) is 0 Å². The SMILES string of the molecule is Nc1ncnc(NC2CCSC2)c1Br. The Labute approximate surface area is 95.2 Å². The molecule has 6 heteroatoms. The van der Waals surface area contributed by atoms with Crippen molar-refractivity contribution in [2.45, 2.75) is 12.5 Å². The molecule has 1 aromatic heterocycles. The first-order chi connectivity index (χ1) is 6.77. The molecular weight excluding hydrogens is 264 g/mol. The van der Waals surface area contributed by atoms with Crippen molar-refractivity contribution in [3.05, 3.63) is 10.8 Å². The minimum Gasteiger partial charge on any atom is -0.383 e. The fourth-order valence-corrected chi connectivity index (χ4v) is 2.80. The lowest BCUT2D eigenvalue weighted by atomic mass is 10.2. The van der Waals surface area contributed by atoms with E-state index in [1.165, 1.54) is 18.5 Å². The largest absolute Gasteiger partial charge is 0.383 e. The number of aromatic nitrogens is 2. The van der Waals surface area contributed by atoms with E-state index in [9.17, 15) is 0 Å². The lowest BCUT2D eigenvalue weighted by Crippen LogP contribution is -2.19. The zero-order chi connectivity index (χ0) is 9.97. The molecule has 1 unspecified atom stereocenters. The van der Waals surface area contributed by atoms with Gasteiger partial charge >= 0.3 is 0 Å². The van der Waals surface area contributed by atoms with Crippen LogP contribution in [0.4, 0.5) is 11.6 Å². The number of hydrogen-bond acceptors (Lipinski definition) is 5. The monoisotopic (exact) mass is 274 g/mol. The van der Waals surface area contributed by atoms with Crippen LogP contribution in [0.25, 0.3) is 0 Å². The number of nitrogens with two attached hydrogens (primary N) is 1. The van der Waals surface area contributed by atoms with Gasteiger partial charge in [0.1, 0.15) is 22.4 Å². The molecule has 0 saturated carbocycles. The molecule has 1 fully saturated rings. The minimum absolute atomic E-state index is 0.480. The van der Waals surface area contributed by atoms with Gasteiger partial charge in [0.25, 0.3) is 0 Å². The number of hydrogen-bond donors (Lipinski definition) is 2. The van der Waals surface area contributed by atoms with E-state index in [-0.39, 0.29) is 0 Å². The number of nitrogens with one attached hydrogen (secondary N) is 1. The maximum Gasteiger partial charge on any atom is 0.146 e. The zero-order valence-corrected chi connectivity index (χ0v) is 9.94. The average molecular weight is 275 g/mol. The van der Waals surface area contributed by atoms with E-state index in [4.69, 9.17) is 5.73 Å². The van der Waals surface area contributed by atoms with Gasteiger partial charge in [-0.3, -0.25) is 0 Å². The number of nitrogen functional groups attached to an aromatic ring is 1. The van der Waals surface area contributed by atoms with E-state index >= 15 is 0 Å². The third-order valence-electron chi connectivity index (χ3n) is 2.09. The van der Waals surface area contributed by atoms with Gasteiger partial charge in [-0.05, 0) is 28.1 Å². The average Bonchev–Trinajstić information content (AvgIpc) is 2.66. The van der Waals surface area contributed by atoms with Crippen LogP contribution in [-0.4, -0.2) is 27.5 Å². The smallest absolute Gasteiger partial charge is 0.146 e. The second-order valence-corrected chi connectivity index (χ2v) is 5.07. The van der Waals surface area contributed by atoms with Gasteiger partial charge in [0.2, 0.25) is 0 Å². The van der Waals surface area contributed by atoms with Crippen molar-refractivity contribution >= 4 is 39.3 Å². The van der Waals surface area contributed by atoms with Crippen LogP contribution in [0.3, 0.4) is 0 Å². The second-order valence-electron chi connectivity index (χ2n) is 3.13. The molecular formula is C8H11BrN4S. The van der Waals surface area contributed by atoms with E-state index in [1.807, 2.05) is 11.8 Å². The van der Waals surface area contributed by atoms with Crippen LogP contribution in [0.1, 0.15) is 6.42 Å². The summed E-state index contributed by atoms with van der Waals surface area (Å²) in [6.07, 6.45) is 2.66. The molecule has 1 atom stereocenters. The molecule has 3 N–H and O–H groups in total. The molecule has 1 aliphatic rings. The zero-order valence-electron chi connectivity index (χ0n) is 7.53. The molecule has 0 spiro atoms. The summed E-state index contributed by atoms with van der Waals surface area (Å²) in [4.78, 5) is 8.03. The van der Waals surface area contributed by atoms with E-state index in [2.05, 4.69) is 31.2 Å². The van der Waals surface area contributed by atoms with Crippen LogP contribution >= 0.6 is 27.7 Å². The van der Waals surface area contributed by atoms with E-state index in [1.54, 1.807) is 0 Å². The number of thioether (sulfide) groups is 1. The number of nitrogens with zero attached hydrogens (tertiary/aromatic N) is 2. The van der Waals surface area contributed by atoms with Gasteiger partial charge in [-0.15, -0.1) is 0 Å². The Balaban J connectivity index is 2.11. The Morgan fingerprint density at radius 3 is 3.14 bits per heavy atom. The van der Waals surface area contributed by atoms with E-state index in [0.717, 1.165) is 16.0 Å². The second kappa shape index (κ2) is 4.35. The molecule has 0 bridgehead atoms. The van der Waals surface area contributed by atoms with Gasteiger partial charge in [0.05, 0.1) is 0 Å². The quantitative estimate of drug-likeness (QED) is 0.860. The highest BCUT2D eigenvalue weighted by Crippen LogP contribution is 2.27. The first-order valence-corrected chi connectivity index (χ1v) is 6.32. The summed E-state index contributed by atoms with van der Waals surface area (Å²) in [5.41, 5.74) is 5.65. The molecule has 0 radical (unpaired) electrons. The number of rotatable bonds is 2. The Morgan fingerprint density at radius 2 is 2.43 bits per heavy atom. The lowest BCUT2D eigenvalue weighted by Gasteiger charge is -2.13. The third-order valence-corrected chi connectivity index (χ3v) is 4.03. The predicted octanol–water partition coefficient (Wildman–Crippen LogP) is 1.74. The molecule has 2 rings (SSSR count). The molecule has 0 aromatic carbocycles. The van der Waals surface area contributed by atoms with E-state index < -0.39 is 0 Å². The number of anilines is 2. The molecule has 1 aromatic rings. The van der Waals surface area contributed by atoms with Crippen molar-refractivity contribution in [1.82, 2.24) is 9.97 Å². The summed E-state index contributed by atoms with van der Waals surface area (Å²) >= 11 is 5.33. The van der Waals surface area contributed by atoms with Crippen LogP contribution in [0, 0.1) is 0 Å². The first kappa shape index (κ1) is 10.0. The van der Waals surface area contributed by atoms with Crippen LogP contribution in [0.15, 0.2) is 10.8 Å². The maximum atomic E-state index is 5.65. The Bertz CT molecular complexity index is 327. The summed E-state index contributed by atoms with van der Waals surface area (Å²) < 4.78 is 0.761. The van der Waals surface area contributed by atoms with E-state index in [0.29, 0.717) is 11.9 Å². The summed E-state index contributed by atoms with van der Waals surface area (Å²) in [5, 5.41) is 3.35. The van der Waals surface area contributed by atoms with Gasteiger partial charge in [-0.25, -0.2) is 9.97 Å². The fraction of sp³-hybridized carbons (Fsp3) is 0.500. The van der Waals surface area contributed by atoms with Crippen molar-refractivity contribution in [2.24, 2.45) is 0 Å². The molecule has 2 heterocycles. The molecule has 4 nitrogen and oxygen atoms in total. The molecule has 1 aliphatic heterocycles. The van der Waals surface area contributed by atoms with Crippen molar-refractivity contribution in [3.8, 4) is 0 Å². The normalized spacial score (nSPS) is 21.1. The van der Waals surface area contributed by atoms with Crippen LogP contribution in [-0.2, 0) is 0 Å². The summed E-state index contributed by atoms with van der Waals surface area (Å²) in [6, 6.07) is 0.505. The molecule has 76 valence electrons. The maximum absolute atomic E-state index is 5.65. The van der Waals surface area contributed by atoms with Crippen molar-refractivity contribution in [1.29, 1.82) is 0 Å². The van der Waals surface area contributed by atoms with Gasteiger partial charge in [0.15, 0.2) is 0 Å². The predicted molar refractivity (Wildman–Crippen MR) is 63.5 cm³/mol. The lowest BCUT2D eigenvalue weighted by molar-refractivity contribution is 0.804. The summed E-state index contributed by atoms with van der Waals surface area (Å²) in [6.45, 7) is 0. The third kappa shape index (κ3) is 2.12. The summed E-state index contributed by atoms with van der Waals surface area (Å²) in [5.74, 6) is 3.63. The van der Waals surface area contributed by atoms with Gasteiger partial charge in [-0.2, -0.15) is 11.8 Å².